The molecule has 1 aromatic carbocycles. The van der Waals surface area contributed by atoms with Gasteiger partial charge in [0.1, 0.15) is 17.9 Å². The molecule has 0 aliphatic carbocycles. The number of nitrogens with zero attached hydrogens (tertiary/aromatic N) is 5. The maximum absolute atomic E-state index is 12.0. The summed E-state index contributed by atoms with van der Waals surface area (Å²) in [6, 6.07) is 6.07. The van der Waals surface area contributed by atoms with Crippen molar-refractivity contribution in [2.45, 2.75) is 32.2 Å². The highest BCUT2D eigenvalue weighted by Crippen LogP contribution is 2.22. The van der Waals surface area contributed by atoms with Gasteiger partial charge in [-0.05, 0) is 31.0 Å². The summed E-state index contributed by atoms with van der Waals surface area (Å²) in [7, 11) is 0. The lowest BCUT2D eigenvalue weighted by Gasteiger charge is -2.11. The number of carbonyl (C=O) groups excluding carboxylic acids is 1. The number of aromatic nitrogens is 5. The molecule has 0 fully saturated rings. The first-order valence-corrected chi connectivity index (χ1v) is 10.3. The van der Waals surface area contributed by atoms with Crippen LogP contribution in [0.25, 0.3) is 0 Å². The van der Waals surface area contributed by atoms with Gasteiger partial charge < -0.3 is 4.74 Å². The van der Waals surface area contributed by atoms with E-state index in [0.29, 0.717) is 22.7 Å². The number of ether oxygens (including phenoxy) is 1. The molecule has 2 heterocycles. The lowest BCUT2D eigenvalue weighted by Crippen LogP contribution is -2.15. The Labute approximate surface area is 171 Å². The van der Waals surface area contributed by atoms with E-state index in [0.717, 1.165) is 16.9 Å². The minimum atomic E-state index is -0.178. The molecule has 0 radical (unpaired) electrons. The largest absolute Gasteiger partial charge is 0.485 e. The van der Waals surface area contributed by atoms with Crippen LogP contribution < -0.4 is 10.1 Å². The Morgan fingerprint density at radius 2 is 2.21 bits per heavy atom. The van der Waals surface area contributed by atoms with Crippen molar-refractivity contribution in [2.75, 3.05) is 11.1 Å². The Bertz CT molecular complexity index is 955. The molecule has 0 aliphatic rings. The van der Waals surface area contributed by atoms with Gasteiger partial charge in [0, 0.05) is 6.54 Å². The molecule has 1 N–H and O–H groups in total. The number of rotatable bonds is 9. The van der Waals surface area contributed by atoms with Crippen LogP contribution in [0.4, 0.5) is 5.13 Å². The van der Waals surface area contributed by atoms with Gasteiger partial charge in [-0.1, -0.05) is 41.3 Å². The monoisotopic (exact) mass is 416 g/mol. The van der Waals surface area contributed by atoms with E-state index in [4.69, 9.17) is 4.74 Å². The summed E-state index contributed by atoms with van der Waals surface area (Å²) in [5, 5.41) is 19.7. The van der Waals surface area contributed by atoms with Gasteiger partial charge >= 0.3 is 0 Å². The van der Waals surface area contributed by atoms with E-state index in [2.05, 4.69) is 32.3 Å². The van der Waals surface area contributed by atoms with Crippen LogP contribution in [0.2, 0.25) is 0 Å². The number of thioether (sulfide) groups is 1. The number of carbonyl (C=O) groups is 1. The normalized spacial score (nSPS) is 10.6. The molecule has 0 saturated heterocycles. The molecule has 0 saturated carbocycles. The van der Waals surface area contributed by atoms with E-state index in [1.54, 1.807) is 11.6 Å². The highest BCUT2D eigenvalue weighted by atomic mass is 32.2. The lowest BCUT2D eigenvalue weighted by molar-refractivity contribution is -0.113. The van der Waals surface area contributed by atoms with Crippen molar-refractivity contribution in [2.24, 2.45) is 0 Å². The van der Waals surface area contributed by atoms with Crippen molar-refractivity contribution < 1.29 is 9.53 Å². The van der Waals surface area contributed by atoms with E-state index in [1.165, 1.54) is 23.1 Å². The van der Waals surface area contributed by atoms with Crippen molar-refractivity contribution in [3.05, 3.63) is 53.3 Å². The fourth-order valence-corrected chi connectivity index (χ4v) is 3.59. The van der Waals surface area contributed by atoms with Crippen LogP contribution >= 0.6 is 23.1 Å². The summed E-state index contributed by atoms with van der Waals surface area (Å²) >= 11 is 2.56. The Hall–Kier alpha value is -2.72. The smallest absolute Gasteiger partial charge is 0.236 e. The molecule has 3 aromatic rings. The molecular weight excluding hydrogens is 396 g/mol. The van der Waals surface area contributed by atoms with E-state index in [1.807, 2.05) is 36.6 Å². The molecule has 0 unspecified atom stereocenters. The summed E-state index contributed by atoms with van der Waals surface area (Å²) < 4.78 is 7.83. The molecule has 1 amide bonds. The number of benzene rings is 1. The highest BCUT2D eigenvalue weighted by Gasteiger charge is 2.15. The van der Waals surface area contributed by atoms with Gasteiger partial charge in [-0.15, -0.1) is 27.0 Å². The van der Waals surface area contributed by atoms with Crippen LogP contribution in [0.15, 0.2) is 41.5 Å². The minimum Gasteiger partial charge on any atom is -0.485 e. The van der Waals surface area contributed by atoms with Crippen LogP contribution in [0, 0.1) is 13.8 Å². The predicted molar refractivity (Wildman–Crippen MR) is 110 cm³/mol. The second kappa shape index (κ2) is 9.47. The number of amides is 1. The first kappa shape index (κ1) is 20.0. The quantitative estimate of drug-likeness (QED) is 0.423. The zero-order valence-electron chi connectivity index (χ0n) is 15.6. The summed E-state index contributed by atoms with van der Waals surface area (Å²) in [6.07, 6.45) is 1.76. The summed E-state index contributed by atoms with van der Waals surface area (Å²) in [5.41, 5.74) is 3.75. The average Bonchev–Trinajstić information content (AvgIpc) is 3.31. The van der Waals surface area contributed by atoms with E-state index >= 15 is 0 Å². The first-order valence-electron chi connectivity index (χ1n) is 8.48. The zero-order valence-corrected chi connectivity index (χ0v) is 17.2. The van der Waals surface area contributed by atoms with E-state index in [9.17, 15) is 4.79 Å². The molecule has 3 rings (SSSR count). The Kier molecular flexibility index (Phi) is 6.77. The van der Waals surface area contributed by atoms with Gasteiger partial charge in [-0.25, -0.2) is 0 Å². The molecule has 146 valence electrons. The molecule has 28 heavy (non-hydrogen) atoms. The fraction of sp³-hybridized carbons (Fsp3) is 0.278. The lowest BCUT2D eigenvalue weighted by atomic mass is 10.1. The molecule has 0 aliphatic heterocycles. The van der Waals surface area contributed by atoms with Gasteiger partial charge in [-0.3, -0.25) is 14.7 Å². The third kappa shape index (κ3) is 5.17. The Balaban J connectivity index is 1.64. The SMILES string of the molecule is C=CCn1c(COc2cc(C)ccc2C)nnc1SCC(=O)Nc1nncs1. The van der Waals surface area contributed by atoms with Crippen molar-refractivity contribution in [3.8, 4) is 5.75 Å². The zero-order chi connectivity index (χ0) is 19.9. The van der Waals surface area contributed by atoms with Gasteiger partial charge in [-0.2, -0.15) is 0 Å². The minimum absolute atomic E-state index is 0.178. The van der Waals surface area contributed by atoms with Crippen LogP contribution in [0.3, 0.4) is 0 Å². The summed E-state index contributed by atoms with van der Waals surface area (Å²) in [4.78, 5) is 12.0. The van der Waals surface area contributed by atoms with Crippen molar-refractivity contribution in [1.82, 2.24) is 25.0 Å². The maximum atomic E-state index is 12.0. The molecule has 8 nitrogen and oxygen atoms in total. The first-order chi connectivity index (χ1) is 13.6. The van der Waals surface area contributed by atoms with Crippen molar-refractivity contribution in [3.63, 3.8) is 0 Å². The van der Waals surface area contributed by atoms with Crippen LogP contribution in [-0.4, -0.2) is 36.6 Å². The third-order valence-electron chi connectivity index (χ3n) is 3.74. The second-order valence-electron chi connectivity index (χ2n) is 5.94. The molecular formula is C18H20N6O2S2. The van der Waals surface area contributed by atoms with Gasteiger partial charge in [0.25, 0.3) is 0 Å². The number of aryl methyl sites for hydroxylation is 2. The average molecular weight is 417 g/mol. The number of hydrogen-bond donors (Lipinski definition) is 1. The molecule has 0 spiro atoms. The number of allylic oxidation sites excluding steroid dienone is 1. The molecule has 0 atom stereocenters. The van der Waals surface area contributed by atoms with E-state index in [-0.39, 0.29) is 18.3 Å². The fourth-order valence-electron chi connectivity index (χ4n) is 2.36. The number of hydrogen-bond acceptors (Lipinski definition) is 8. The Morgan fingerprint density at radius 3 is 2.96 bits per heavy atom. The van der Waals surface area contributed by atoms with Gasteiger partial charge in [0.2, 0.25) is 11.0 Å². The summed E-state index contributed by atoms with van der Waals surface area (Å²) in [6.45, 7) is 8.62. The highest BCUT2D eigenvalue weighted by molar-refractivity contribution is 7.99. The van der Waals surface area contributed by atoms with Crippen LogP contribution in [0.1, 0.15) is 17.0 Å². The number of nitrogens with one attached hydrogen (secondary N) is 1. The van der Waals surface area contributed by atoms with Crippen molar-refractivity contribution in [1.29, 1.82) is 0 Å². The van der Waals surface area contributed by atoms with Gasteiger partial charge in [0.05, 0.1) is 5.75 Å². The molecule has 2 aromatic heterocycles. The topological polar surface area (TPSA) is 94.8 Å². The third-order valence-corrected chi connectivity index (χ3v) is 5.32. The van der Waals surface area contributed by atoms with Crippen LogP contribution in [0.5, 0.6) is 5.75 Å². The summed E-state index contributed by atoms with van der Waals surface area (Å²) in [5.74, 6) is 1.50. The predicted octanol–water partition coefficient (Wildman–Crippen LogP) is 3.24. The maximum Gasteiger partial charge on any atom is 0.236 e. The Morgan fingerprint density at radius 1 is 1.36 bits per heavy atom. The molecule has 0 bridgehead atoms. The van der Waals surface area contributed by atoms with Crippen LogP contribution in [-0.2, 0) is 17.9 Å². The van der Waals surface area contributed by atoms with Crippen molar-refractivity contribution >= 4 is 34.1 Å². The number of anilines is 1. The standard InChI is InChI=1S/C18H20N6O2S2/c1-4-7-24-15(9-26-14-8-12(2)5-6-13(14)3)21-23-18(24)27-10-16(25)20-17-22-19-11-28-17/h4-6,8,11H,1,7,9-10H2,2-3H3,(H,20,22,25). The van der Waals surface area contributed by atoms with E-state index < -0.39 is 0 Å². The second-order valence-corrected chi connectivity index (χ2v) is 7.71. The van der Waals surface area contributed by atoms with Gasteiger partial charge in [0.15, 0.2) is 11.0 Å². The molecule has 10 heteroatoms.